The van der Waals surface area contributed by atoms with Crippen molar-refractivity contribution in [2.75, 3.05) is 18.6 Å². The van der Waals surface area contributed by atoms with E-state index in [0.29, 0.717) is 16.6 Å². The number of amides is 2. The highest BCUT2D eigenvalue weighted by Crippen LogP contribution is 2.22. The van der Waals surface area contributed by atoms with Crippen LogP contribution in [-0.4, -0.2) is 32.7 Å². The van der Waals surface area contributed by atoms with Crippen molar-refractivity contribution in [3.63, 3.8) is 0 Å². The minimum absolute atomic E-state index is 0.215. The van der Waals surface area contributed by atoms with E-state index in [1.54, 1.807) is 25.2 Å². The van der Waals surface area contributed by atoms with Crippen LogP contribution in [0.15, 0.2) is 41.3 Å². The SMILES string of the molecule is CN(Cc1ccc(Cl)s1)C(=O)Nc1ccc(S(C)(=O)=O)cc1. The molecule has 2 amide bonds. The first-order valence-corrected chi connectivity index (χ1v) is 9.41. The lowest BCUT2D eigenvalue weighted by molar-refractivity contribution is 0.221. The van der Waals surface area contributed by atoms with Crippen LogP contribution in [0.2, 0.25) is 4.34 Å². The Morgan fingerprint density at radius 2 is 1.86 bits per heavy atom. The number of rotatable bonds is 4. The van der Waals surface area contributed by atoms with Crippen LogP contribution in [0.4, 0.5) is 10.5 Å². The van der Waals surface area contributed by atoms with E-state index in [9.17, 15) is 13.2 Å². The number of nitrogens with one attached hydrogen (secondary N) is 1. The van der Waals surface area contributed by atoms with Crippen molar-refractivity contribution in [3.05, 3.63) is 45.6 Å². The number of benzene rings is 1. The van der Waals surface area contributed by atoms with Gasteiger partial charge in [0.15, 0.2) is 9.84 Å². The molecule has 0 bridgehead atoms. The number of anilines is 1. The predicted molar refractivity (Wildman–Crippen MR) is 89.4 cm³/mol. The fraction of sp³-hybridized carbons (Fsp3) is 0.214. The molecule has 1 heterocycles. The summed E-state index contributed by atoms with van der Waals surface area (Å²) in [5, 5.41) is 2.71. The van der Waals surface area contributed by atoms with E-state index in [4.69, 9.17) is 11.6 Å². The average molecular weight is 359 g/mol. The summed E-state index contributed by atoms with van der Waals surface area (Å²) in [6.45, 7) is 0.449. The van der Waals surface area contributed by atoms with Gasteiger partial charge in [0.05, 0.1) is 15.8 Å². The van der Waals surface area contributed by atoms with Crippen LogP contribution in [0.3, 0.4) is 0 Å². The Morgan fingerprint density at radius 1 is 1.23 bits per heavy atom. The Balaban J connectivity index is 1.99. The van der Waals surface area contributed by atoms with E-state index in [2.05, 4.69) is 5.32 Å². The minimum Gasteiger partial charge on any atom is -0.322 e. The standard InChI is InChI=1S/C14H15ClN2O3S2/c1-17(9-11-5-8-13(15)21-11)14(18)16-10-3-6-12(7-4-10)22(2,19)20/h3-8H,9H2,1-2H3,(H,16,18). The molecule has 0 fully saturated rings. The first kappa shape index (κ1) is 16.8. The number of urea groups is 1. The lowest BCUT2D eigenvalue weighted by atomic mass is 10.3. The zero-order valence-electron chi connectivity index (χ0n) is 12.0. The minimum atomic E-state index is -3.24. The van der Waals surface area contributed by atoms with Gasteiger partial charge in [-0.3, -0.25) is 0 Å². The molecule has 5 nitrogen and oxygen atoms in total. The van der Waals surface area contributed by atoms with Crippen molar-refractivity contribution in [3.8, 4) is 0 Å². The van der Waals surface area contributed by atoms with Crippen LogP contribution in [0, 0.1) is 0 Å². The van der Waals surface area contributed by atoms with E-state index in [0.717, 1.165) is 11.1 Å². The Kier molecular flexibility index (Phi) is 5.10. The Bertz CT molecular complexity index is 770. The van der Waals surface area contributed by atoms with Crippen molar-refractivity contribution in [1.82, 2.24) is 4.90 Å². The molecule has 0 atom stereocenters. The third kappa shape index (κ3) is 4.46. The molecule has 1 N–H and O–H groups in total. The van der Waals surface area contributed by atoms with Crippen LogP contribution < -0.4 is 5.32 Å². The maximum atomic E-state index is 12.1. The van der Waals surface area contributed by atoms with Crippen molar-refractivity contribution in [2.45, 2.75) is 11.4 Å². The van der Waals surface area contributed by atoms with Crippen molar-refractivity contribution in [2.24, 2.45) is 0 Å². The highest BCUT2D eigenvalue weighted by molar-refractivity contribution is 7.90. The van der Waals surface area contributed by atoms with Crippen molar-refractivity contribution < 1.29 is 13.2 Å². The third-order valence-electron chi connectivity index (χ3n) is 2.90. The molecule has 0 radical (unpaired) electrons. The fourth-order valence-corrected chi connectivity index (χ4v) is 3.52. The molecule has 2 aromatic rings. The van der Waals surface area contributed by atoms with E-state index in [-0.39, 0.29) is 10.9 Å². The van der Waals surface area contributed by atoms with Crippen LogP contribution in [0.25, 0.3) is 0 Å². The first-order chi connectivity index (χ1) is 10.3. The zero-order chi connectivity index (χ0) is 16.3. The topological polar surface area (TPSA) is 66.5 Å². The number of nitrogens with zero attached hydrogens (tertiary/aromatic N) is 1. The normalized spacial score (nSPS) is 11.2. The van der Waals surface area contributed by atoms with E-state index >= 15 is 0 Å². The second kappa shape index (κ2) is 6.68. The van der Waals surface area contributed by atoms with Gasteiger partial charge in [-0.15, -0.1) is 11.3 Å². The van der Waals surface area contributed by atoms with Gasteiger partial charge in [0.2, 0.25) is 0 Å². The summed E-state index contributed by atoms with van der Waals surface area (Å²) in [6, 6.07) is 9.42. The van der Waals surface area contributed by atoms with Gasteiger partial charge in [-0.2, -0.15) is 0 Å². The summed E-state index contributed by atoms with van der Waals surface area (Å²) in [5.41, 5.74) is 0.536. The summed E-state index contributed by atoms with van der Waals surface area (Å²) in [4.78, 5) is 14.8. The molecule has 1 aromatic carbocycles. The summed E-state index contributed by atoms with van der Waals surface area (Å²) >= 11 is 7.28. The van der Waals surface area contributed by atoms with Crippen LogP contribution in [0.1, 0.15) is 4.88 Å². The third-order valence-corrected chi connectivity index (χ3v) is 5.25. The van der Waals surface area contributed by atoms with E-state index in [1.165, 1.54) is 28.4 Å². The van der Waals surface area contributed by atoms with E-state index in [1.807, 2.05) is 6.07 Å². The summed E-state index contributed by atoms with van der Waals surface area (Å²) in [7, 11) is -1.56. The number of carbonyl (C=O) groups excluding carboxylic acids is 1. The first-order valence-electron chi connectivity index (χ1n) is 6.32. The molecular formula is C14H15ClN2O3S2. The second-order valence-electron chi connectivity index (χ2n) is 4.79. The molecule has 0 saturated carbocycles. The van der Waals surface area contributed by atoms with Gasteiger partial charge in [0.25, 0.3) is 0 Å². The van der Waals surface area contributed by atoms with E-state index < -0.39 is 9.84 Å². The summed E-state index contributed by atoms with van der Waals surface area (Å²) in [5.74, 6) is 0. The molecule has 0 aliphatic heterocycles. The quantitative estimate of drug-likeness (QED) is 0.910. The summed E-state index contributed by atoms with van der Waals surface area (Å²) < 4.78 is 23.4. The number of thiophene rings is 1. The maximum Gasteiger partial charge on any atom is 0.321 e. The van der Waals surface area contributed by atoms with Gasteiger partial charge in [-0.25, -0.2) is 13.2 Å². The lowest BCUT2D eigenvalue weighted by Gasteiger charge is -2.17. The number of halogens is 1. The molecule has 0 spiro atoms. The highest BCUT2D eigenvalue weighted by atomic mass is 35.5. The molecule has 118 valence electrons. The smallest absolute Gasteiger partial charge is 0.321 e. The van der Waals surface area contributed by atoms with Crippen molar-refractivity contribution >= 4 is 44.5 Å². The molecule has 1 aromatic heterocycles. The summed E-state index contributed by atoms with van der Waals surface area (Å²) in [6.07, 6.45) is 1.14. The van der Waals surface area contributed by atoms with Crippen LogP contribution in [-0.2, 0) is 16.4 Å². The molecule has 0 saturated heterocycles. The van der Waals surface area contributed by atoms with Gasteiger partial charge >= 0.3 is 6.03 Å². The lowest BCUT2D eigenvalue weighted by Crippen LogP contribution is -2.30. The average Bonchev–Trinajstić information content (AvgIpc) is 2.83. The van der Waals surface area contributed by atoms with Gasteiger partial charge in [0.1, 0.15) is 0 Å². The molecule has 8 heteroatoms. The Labute approximate surface area is 138 Å². The highest BCUT2D eigenvalue weighted by Gasteiger charge is 2.12. The van der Waals surface area contributed by atoms with Gasteiger partial charge < -0.3 is 10.2 Å². The number of carbonyl (C=O) groups is 1. The van der Waals surface area contributed by atoms with Gasteiger partial charge in [-0.1, -0.05) is 11.6 Å². The zero-order valence-corrected chi connectivity index (χ0v) is 14.4. The largest absolute Gasteiger partial charge is 0.322 e. The Hall–Kier alpha value is -1.57. The predicted octanol–water partition coefficient (Wildman–Crippen LogP) is 3.47. The van der Waals surface area contributed by atoms with Gasteiger partial charge in [0, 0.05) is 23.9 Å². The van der Waals surface area contributed by atoms with Gasteiger partial charge in [-0.05, 0) is 36.4 Å². The monoisotopic (exact) mass is 358 g/mol. The molecule has 22 heavy (non-hydrogen) atoms. The molecule has 0 unspecified atom stereocenters. The number of sulfone groups is 1. The molecule has 0 aliphatic rings. The number of hydrogen-bond donors (Lipinski definition) is 1. The van der Waals surface area contributed by atoms with Crippen molar-refractivity contribution in [1.29, 1.82) is 0 Å². The molecular weight excluding hydrogens is 344 g/mol. The number of hydrogen-bond acceptors (Lipinski definition) is 4. The van der Waals surface area contributed by atoms with Crippen LogP contribution in [0.5, 0.6) is 0 Å². The molecule has 2 rings (SSSR count). The maximum absolute atomic E-state index is 12.1. The Morgan fingerprint density at radius 3 is 2.36 bits per heavy atom. The van der Waals surface area contributed by atoms with Crippen LogP contribution >= 0.6 is 22.9 Å². The second-order valence-corrected chi connectivity index (χ2v) is 8.60. The fourth-order valence-electron chi connectivity index (χ4n) is 1.75. The molecule has 0 aliphatic carbocycles.